The van der Waals surface area contributed by atoms with Crippen LogP contribution in [0.5, 0.6) is 11.5 Å². The third kappa shape index (κ3) is 1.99. The molecule has 0 unspecified atom stereocenters. The molecule has 0 spiro atoms. The summed E-state index contributed by atoms with van der Waals surface area (Å²) >= 11 is 0. The first-order valence-electron chi connectivity index (χ1n) is 5.69. The van der Waals surface area contributed by atoms with Crippen LogP contribution >= 0.6 is 0 Å². The molecule has 6 heteroatoms. The van der Waals surface area contributed by atoms with Crippen LogP contribution in [0.1, 0.15) is 28.8 Å². The lowest BCUT2D eigenvalue weighted by atomic mass is 9.93. The van der Waals surface area contributed by atoms with Crippen molar-refractivity contribution in [1.82, 2.24) is 0 Å². The molecule has 2 rings (SSSR count). The molecule has 1 aromatic carbocycles. The minimum absolute atomic E-state index is 0.102. The molecule has 0 saturated heterocycles. The van der Waals surface area contributed by atoms with E-state index in [-0.39, 0.29) is 22.6 Å². The van der Waals surface area contributed by atoms with Gasteiger partial charge in [0.2, 0.25) is 0 Å². The fraction of sp³-hybridized carbons (Fsp3) is 0.385. The van der Waals surface area contributed by atoms with Crippen molar-refractivity contribution in [3.8, 4) is 11.5 Å². The summed E-state index contributed by atoms with van der Waals surface area (Å²) in [7, 11) is 2.57. The second-order valence-corrected chi connectivity index (χ2v) is 4.45. The van der Waals surface area contributed by atoms with Crippen molar-refractivity contribution in [2.24, 2.45) is 0 Å². The van der Waals surface area contributed by atoms with Gasteiger partial charge in [-0.15, -0.1) is 0 Å². The predicted octanol–water partition coefficient (Wildman–Crippen LogP) is 1.30. The van der Waals surface area contributed by atoms with Gasteiger partial charge in [0, 0.05) is 11.6 Å². The highest BCUT2D eigenvalue weighted by atomic mass is 16.5. The number of phenolic OH excluding ortho intramolecular Hbond substituents is 1. The normalized spacial score (nSPS) is 15.7. The van der Waals surface area contributed by atoms with Crippen molar-refractivity contribution in [2.75, 3.05) is 14.2 Å². The predicted molar refractivity (Wildman–Crippen MR) is 64.5 cm³/mol. The summed E-state index contributed by atoms with van der Waals surface area (Å²) in [6.45, 7) is 0. The Morgan fingerprint density at radius 1 is 1.26 bits per heavy atom. The van der Waals surface area contributed by atoms with E-state index in [0.717, 1.165) is 0 Å². The Labute approximate surface area is 109 Å². The van der Waals surface area contributed by atoms with Crippen LogP contribution in [0.3, 0.4) is 0 Å². The van der Waals surface area contributed by atoms with Crippen LogP contribution in [0, 0.1) is 0 Å². The number of ether oxygens (including phenoxy) is 2. The van der Waals surface area contributed by atoms with Crippen LogP contribution in [0.2, 0.25) is 0 Å². The maximum atomic E-state index is 11.6. The maximum Gasteiger partial charge on any atom is 0.341 e. The van der Waals surface area contributed by atoms with Crippen molar-refractivity contribution in [1.29, 1.82) is 0 Å². The molecular formula is C13H14O6. The average molecular weight is 266 g/mol. The van der Waals surface area contributed by atoms with Gasteiger partial charge in [-0.05, 0) is 18.9 Å². The Morgan fingerprint density at radius 3 is 2.32 bits per heavy atom. The van der Waals surface area contributed by atoms with Crippen LogP contribution in [0.15, 0.2) is 12.1 Å². The molecule has 19 heavy (non-hydrogen) atoms. The molecular weight excluding hydrogens is 252 g/mol. The lowest BCUT2D eigenvalue weighted by Crippen LogP contribution is -2.20. The van der Waals surface area contributed by atoms with E-state index in [1.165, 1.54) is 26.4 Å². The van der Waals surface area contributed by atoms with Gasteiger partial charge in [-0.1, -0.05) is 0 Å². The van der Waals surface area contributed by atoms with E-state index in [1.54, 1.807) is 0 Å². The number of carboxylic acid groups (broad SMARTS) is 1. The first kappa shape index (κ1) is 13.2. The second-order valence-electron chi connectivity index (χ2n) is 4.45. The van der Waals surface area contributed by atoms with Gasteiger partial charge in [-0.2, -0.15) is 0 Å². The molecule has 0 atom stereocenters. The molecule has 2 N–H and O–H groups in total. The summed E-state index contributed by atoms with van der Waals surface area (Å²) in [5.41, 5.74) is -0.773. The Morgan fingerprint density at radius 2 is 1.89 bits per heavy atom. The SMILES string of the molecule is COC(=O)c1cc(C2(C(=O)O)CC2)c(O)cc1OC. The van der Waals surface area contributed by atoms with Crippen molar-refractivity contribution < 1.29 is 29.3 Å². The third-order valence-corrected chi connectivity index (χ3v) is 3.40. The molecule has 0 amide bonds. The van der Waals surface area contributed by atoms with Crippen LogP contribution in [-0.4, -0.2) is 36.4 Å². The van der Waals surface area contributed by atoms with Crippen molar-refractivity contribution in [3.05, 3.63) is 23.3 Å². The number of carboxylic acids is 1. The van der Waals surface area contributed by atoms with Gasteiger partial charge in [-0.25, -0.2) is 4.79 Å². The zero-order valence-electron chi connectivity index (χ0n) is 10.6. The van der Waals surface area contributed by atoms with E-state index in [0.29, 0.717) is 12.8 Å². The Balaban J connectivity index is 2.58. The second kappa shape index (κ2) is 4.46. The van der Waals surface area contributed by atoms with Crippen LogP contribution < -0.4 is 4.74 Å². The van der Waals surface area contributed by atoms with Gasteiger partial charge >= 0.3 is 11.9 Å². The van der Waals surface area contributed by atoms with E-state index >= 15 is 0 Å². The molecule has 0 heterocycles. The zero-order chi connectivity index (χ0) is 14.2. The van der Waals surface area contributed by atoms with Crippen LogP contribution in [0.4, 0.5) is 0 Å². The smallest absolute Gasteiger partial charge is 0.341 e. The number of hydrogen-bond acceptors (Lipinski definition) is 5. The summed E-state index contributed by atoms with van der Waals surface area (Å²) in [4.78, 5) is 22.9. The molecule has 1 saturated carbocycles. The number of phenols is 1. The molecule has 1 aliphatic carbocycles. The highest BCUT2D eigenvalue weighted by molar-refractivity contribution is 5.94. The number of carbonyl (C=O) groups excluding carboxylic acids is 1. The van der Waals surface area contributed by atoms with Crippen LogP contribution in [-0.2, 0) is 14.9 Å². The molecule has 1 aromatic rings. The van der Waals surface area contributed by atoms with E-state index in [4.69, 9.17) is 4.74 Å². The van der Waals surface area contributed by atoms with Gasteiger partial charge in [0.25, 0.3) is 0 Å². The lowest BCUT2D eigenvalue weighted by Gasteiger charge is -2.15. The molecule has 0 aliphatic heterocycles. The van der Waals surface area contributed by atoms with E-state index in [2.05, 4.69) is 4.74 Å². The number of aromatic hydroxyl groups is 1. The number of aliphatic carboxylic acids is 1. The number of hydrogen-bond donors (Lipinski definition) is 2. The summed E-state index contributed by atoms with van der Waals surface area (Å²) in [5, 5.41) is 19.2. The molecule has 0 bridgehead atoms. The standard InChI is InChI=1S/C13H14O6/c1-18-10-6-9(14)8(5-7(10)11(15)19-2)13(3-4-13)12(16)17/h5-6,14H,3-4H2,1-2H3,(H,16,17). The summed E-state index contributed by atoms with van der Waals surface area (Å²) < 4.78 is 9.61. The largest absolute Gasteiger partial charge is 0.507 e. The van der Waals surface area contributed by atoms with Crippen molar-refractivity contribution in [2.45, 2.75) is 18.3 Å². The fourth-order valence-electron chi connectivity index (χ4n) is 2.11. The van der Waals surface area contributed by atoms with E-state index < -0.39 is 17.4 Å². The number of methoxy groups -OCH3 is 2. The Kier molecular flexibility index (Phi) is 3.09. The number of rotatable bonds is 4. The summed E-state index contributed by atoms with van der Waals surface area (Å²) in [6.07, 6.45) is 0.867. The molecule has 1 fully saturated rings. The quantitative estimate of drug-likeness (QED) is 0.798. The number of benzene rings is 1. The first-order chi connectivity index (χ1) is 8.96. The van der Waals surface area contributed by atoms with Gasteiger partial charge in [0.1, 0.15) is 17.1 Å². The maximum absolute atomic E-state index is 11.6. The average Bonchev–Trinajstić information content (AvgIpc) is 3.18. The summed E-state index contributed by atoms with van der Waals surface area (Å²) in [5.74, 6) is -1.69. The van der Waals surface area contributed by atoms with Gasteiger partial charge in [0.15, 0.2) is 0 Å². The van der Waals surface area contributed by atoms with Crippen LogP contribution in [0.25, 0.3) is 0 Å². The minimum Gasteiger partial charge on any atom is -0.507 e. The molecule has 0 radical (unpaired) electrons. The van der Waals surface area contributed by atoms with E-state index in [9.17, 15) is 19.8 Å². The zero-order valence-corrected chi connectivity index (χ0v) is 10.6. The highest BCUT2D eigenvalue weighted by Gasteiger charge is 2.53. The molecule has 102 valence electrons. The monoisotopic (exact) mass is 266 g/mol. The number of esters is 1. The fourth-order valence-corrected chi connectivity index (χ4v) is 2.11. The minimum atomic E-state index is -1.10. The van der Waals surface area contributed by atoms with Gasteiger partial charge in [0.05, 0.1) is 19.6 Å². The first-order valence-corrected chi connectivity index (χ1v) is 5.69. The van der Waals surface area contributed by atoms with Crippen molar-refractivity contribution >= 4 is 11.9 Å². The van der Waals surface area contributed by atoms with E-state index in [1.807, 2.05) is 0 Å². The van der Waals surface area contributed by atoms with Gasteiger partial charge in [-0.3, -0.25) is 4.79 Å². The third-order valence-electron chi connectivity index (χ3n) is 3.40. The molecule has 1 aliphatic rings. The molecule has 0 aromatic heterocycles. The molecule has 6 nitrogen and oxygen atoms in total. The van der Waals surface area contributed by atoms with Gasteiger partial charge < -0.3 is 19.7 Å². The lowest BCUT2D eigenvalue weighted by molar-refractivity contribution is -0.140. The Hall–Kier alpha value is -2.24. The topological polar surface area (TPSA) is 93.1 Å². The number of carbonyl (C=O) groups is 2. The Bertz CT molecular complexity index is 544. The van der Waals surface area contributed by atoms with Crippen molar-refractivity contribution in [3.63, 3.8) is 0 Å². The highest BCUT2D eigenvalue weighted by Crippen LogP contribution is 2.52. The summed E-state index contributed by atoms with van der Waals surface area (Å²) in [6, 6.07) is 2.58.